The summed E-state index contributed by atoms with van der Waals surface area (Å²) in [6.07, 6.45) is 3.03. The van der Waals surface area contributed by atoms with E-state index in [4.69, 9.17) is 9.47 Å². The fraction of sp³-hybridized carbons (Fsp3) is 0.733. The van der Waals surface area contributed by atoms with Crippen LogP contribution in [0.25, 0.3) is 0 Å². The van der Waals surface area contributed by atoms with Gasteiger partial charge >= 0.3 is 5.97 Å². The first kappa shape index (κ1) is 14.4. The molecule has 0 unspecified atom stereocenters. The van der Waals surface area contributed by atoms with Crippen LogP contribution in [0.2, 0.25) is 0 Å². The first-order valence-electron chi connectivity index (χ1n) is 7.86. The number of rotatable bonds is 3. The van der Waals surface area contributed by atoms with Crippen LogP contribution in [0.4, 0.5) is 0 Å². The molecule has 6 heteroatoms. The Balaban J connectivity index is 1.99. The van der Waals surface area contributed by atoms with Gasteiger partial charge in [0.05, 0.1) is 18.4 Å². The van der Waals surface area contributed by atoms with Crippen molar-refractivity contribution in [1.82, 2.24) is 15.1 Å². The van der Waals surface area contributed by atoms with Gasteiger partial charge in [-0.1, -0.05) is 0 Å². The number of carbonyl (C=O) groups excluding carboxylic acids is 1. The Morgan fingerprint density at radius 2 is 2.19 bits per heavy atom. The molecule has 0 spiro atoms. The molecule has 116 valence electrons. The average molecular weight is 293 g/mol. The van der Waals surface area contributed by atoms with Gasteiger partial charge in [-0.25, -0.2) is 9.48 Å². The number of carbonyl (C=O) groups is 1. The lowest BCUT2D eigenvalue weighted by Crippen LogP contribution is -2.27. The number of piperidine rings is 1. The number of nitrogens with zero attached hydrogens (tertiary/aromatic N) is 2. The molecule has 1 saturated heterocycles. The highest BCUT2D eigenvalue weighted by atomic mass is 16.5. The molecule has 0 radical (unpaired) electrons. The largest absolute Gasteiger partial charge is 0.474 e. The van der Waals surface area contributed by atoms with Gasteiger partial charge in [0.2, 0.25) is 5.88 Å². The van der Waals surface area contributed by atoms with Crippen molar-refractivity contribution in [2.75, 3.05) is 19.7 Å². The van der Waals surface area contributed by atoms with Crippen molar-refractivity contribution >= 4 is 5.97 Å². The minimum Gasteiger partial charge on any atom is -0.474 e. The summed E-state index contributed by atoms with van der Waals surface area (Å²) in [6.45, 7) is 6.94. The van der Waals surface area contributed by atoms with E-state index in [1.165, 1.54) is 0 Å². The Bertz CT molecular complexity index is 520. The minimum absolute atomic E-state index is 0.114. The molecule has 1 fully saturated rings. The minimum atomic E-state index is -0.304. The standard InChI is InChI=1S/C15H23N3O3/c1-3-20-15(19)12-13(11-4-7-16-8-5-11)17-18-9-6-10(2)21-14(12)18/h10-11,16H,3-9H2,1-2H3/t10-/m1/s1. The molecule has 0 aliphatic carbocycles. The number of hydrogen-bond acceptors (Lipinski definition) is 5. The van der Waals surface area contributed by atoms with Crippen molar-refractivity contribution in [1.29, 1.82) is 0 Å². The van der Waals surface area contributed by atoms with Crippen molar-refractivity contribution in [2.24, 2.45) is 0 Å². The third kappa shape index (κ3) is 2.77. The highest BCUT2D eigenvalue weighted by Crippen LogP contribution is 2.35. The summed E-state index contributed by atoms with van der Waals surface area (Å²) < 4.78 is 13.0. The van der Waals surface area contributed by atoms with Crippen LogP contribution >= 0.6 is 0 Å². The van der Waals surface area contributed by atoms with Crippen LogP contribution < -0.4 is 10.1 Å². The second-order valence-electron chi connectivity index (χ2n) is 5.75. The van der Waals surface area contributed by atoms with Crippen LogP contribution in [0.15, 0.2) is 0 Å². The molecule has 2 aliphatic heterocycles. The summed E-state index contributed by atoms with van der Waals surface area (Å²) in [6, 6.07) is 0. The zero-order valence-corrected chi connectivity index (χ0v) is 12.7. The number of nitrogens with one attached hydrogen (secondary N) is 1. The lowest BCUT2D eigenvalue weighted by molar-refractivity contribution is 0.0512. The molecule has 1 atom stereocenters. The normalized spacial score (nSPS) is 22.5. The van der Waals surface area contributed by atoms with Crippen molar-refractivity contribution in [3.8, 4) is 5.88 Å². The second kappa shape index (κ2) is 6.05. The first-order chi connectivity index (χ1) is 10.2. The molecular weight excluding hydrogens is 270 g/mol. The summed E-state index contributed by atoms with van der Waals surface area (Å²) in [5.41, 5.74) is 1.41. The SMILES string of the molecule is CCOC(=O)c1c(C2CCNCC2)nn2c1O[C@H](C)CC2. The number of aromatic nitrogens is 2. The summed E-state index contributed by atoms with van der Waals surface area (Å²) in [5, 5.41) is 8.02. The summed E-state index contributed by atoms with van der Waals surface area (Å²) in [7, 11) is 0. The Morgan fingerprint density at radius 3 is 2.90 bits per heavy atom. The fourth-order valence-electron chi connectivity index (χ4n) is 3.07. The van der Waals surface area contributed by atoms with E-state index < -0.39 is 0 Å². The highest BCUT2D eigenvalue weighted by Gasteiger charge is 2.33. The molecule has 3 rings (SSSR count). The number of esters is 1. The number of ether oxygens (including phenoxy) is 2. The van der Waals surface area contributed by atoms with Gasteiger partial charge in [-0.3, -0.25) is 0 Å². The summed E-state index contributed by atoms with van der Waals surface area (Å²) >= 11 is 0. The van der Waals surface area contributed by atoms with Gasteiger partial charge < -0.3 is 14.8 Å². The molecule has 0 bridgehead atoms. The van der Waals surface area contributed by atoms with Gasteiger partial charge in [0.15, 0.2) is 0 Å². The van der Waals surface area contributed by atoms with Gasteiger partial charge in [-0.15, -0.1) is 0 Å². The van der Waals surface area contributed by atoms with Crippen LogP contribution in [0.1, 0.15) is 55.1 Å². The van der Waals surface area contributed by atoms with Gasteiger partial charge in [0, 0.05) is 18.9 Å². The average Bonchev–Trinajstić information content (AvgIpc) is 2.87. The fourth-order valence-corrected chi connectivity index (χ4v) is 3.07. The number of aryl methyl sites for hydroxylation is 1. The highest BCUT2D eigenvalue weighted by molar-refractivity contribution is 5.93. The van der Waals surface area contributed by atoms with Crippen molar-refractivity contribution in [3.63, 3.8) is 0 Å². The predicted molar refractivity (Wildman–Crippen MR) is 77.7 cm³/mol. The molecule has 0 saturated carbocycles. The summed E-state index contributed by atoms with van der Waals surface area (Å²) in [5.74, 6) is 0.602. The van der Waals surface area contributed by atoms with Crippen molar-refractivity contribution < 1.29 is 14.3 Å². The molecule has 21 heavy (non-hydrogen) atoms. The van der Waals surface area contributed by atoms with E-state index in [0.29, 0.717) is 24.0 Å². The van der Waals surface area contributed by atoms with E-state index in [0.717, 1.165) is 44.6 Å². The third-order valence-corrected chi connectivity index (χ3v) is 4.20. The molecule has 3 heterocycles. The van der Waals surface area contributed by atoms with Gasteiger partial charge in [-0.2, -0.15) is 5.10 Å². The Morgan fingerprint density at radius 1 is 1.43 bits per heavy atom. The smallest absolute Gasteiger partial charge is 0.345 e. The number of hydrogen-bond donors (Lipinski definition) is 1. The molecule has 0 amide bonds. The number of fused-ring (bicyclic) bond motifs is 1. The van der Waals surface area contributed by atoms with Gasteiger partial charge in [-0.05, 0) is 39.8 Å². The van der Waals surface area contributed by atoms with E-state index >= 15 is 0 Å². The maximum Gasteiger partial charge on any atom is 0.345 e. The zero-order chi connectivity index (χ0) is 14.8. The maximum absolute atomic E-state index is 12.4. The van der Waals surface area contributed by atoms with E-state index in [9.17, 15) is 4.79 Å². The molecule has 6 nitrogen and oxygen atoms in total. The molecule has 1 N–H and O–H groups in total. The van der Waals surface area contributed by atoms with Crippen LogP contribution in [0.3, 0.4) is 0 Å². The first-order valence-corrected chi connectivity index (χ1v) is 7.86. The Kier molecular flexibility index (Phi) is 4.14. The van der Waals surface area contributed by atoms with Crippen LogP contribution in [-0.4, -0.2) is 41.6 Å². The lowest BCUT2D eigenvalue weighted by Gasteiger charge is -2.22. The lowest BCUT2D eigenvalue weighted by atomic mass is 9.92. The Hall–Kier alpha value is -1.56. The summed E-state index contributed by atoms with van der Waals surface area (Å²) in [4.78, 5) is 12.4. The third-order valence-electron chi connectivity index (χ3n) is 4.20. The topological polar surface area (TPSA) is 65.4 Å². The molecule has 1 aromatic rings. The Labute approximate surface area is 124 Å². The maximum atomic E-state index is 12.4. The van der Waals surface area contributed by atoms with Crippen molar-refractivity contribution in [2.45, 2.75) is 51.7 Å². The second-order valence-corrected chi connectivity index (χ2v) is 5.75. The quantitative estimate of drug-likeness (QED) is 0.859. The molecule has 1 aromatic heterocycles. The van der Waals surface area contributed by atoms with Crippen molar-refractivity contribution in [3.05, 3.63) is 11.3 Å². The van der Waals surface area contributed by atoms with Crippen LogP contribution in [0, 0.1) is 0 Å². The molecule has 0 aromatic carbocycles. The zero-order valence-electron chi connectivity index (χ0n) is 12.7. The molecule has 2 aliphatic rings. The van der Waals surface area contributed by atoms with Crippen LogP contribution in [-0.2, 0) is 11.3 Å². The van der Waals surface area contributed by atoms with Gasteiger partial charge in [0.25, 0.3) is 0 Å². The van der Waals surface area contributed by atoms with Crippen LogP contribution in [0.5, 0.6) is 5.88 Å². The van der Waals surface area contributed by atoms with Gasteiger partial charge in [0.1, 0.15) is 5.56 Å². The van der Waals surface area contributed by atoms with E-state index in [-0.39, 0.29) is 12.1 Å². The van der Waals surface area contributed by atoms with E-state index in [2.05, 4.69) is 10.4 Å². The van der Waals surface area contributed by atoms with E-state index in [1.54, 1.807) is 0 Å². The van der Waals surface area contributed by atoms with E-state index in [1.807, 2.05) is 18.5 Å². The monoisotopic (exact) mass is 293 g/mol. The predicted octanol–water partition coefficient (Wildman–Crippen LogP) is 1.70. The molecular formula is C15H23N3O3.